The zero-order valence-electron chi connectivity index (χ0n) is 21.5. The van der Waals surface area contributed by atoms with Gasteiger partial charge in [-0.2, -0.15) is 0 Å². The molecule has 0 aromatic heterocycles. The van der Waals surface area contributed by atoms with Crippen LogP contribution in [0.1, 0.15) is 42.7 Å². The summed E-state index contributed by atoms with van der Waals surface area (Å²) in [6.07, 6.45) is 0.970. The number of nitrogens with one attached hydrogen (secondary N) is 2. The number of dihydropyridines is 1. The van der Waals surface area contributed by atoms with E-state index in [0.717, 1.165) is 11.3 Å². The highest BCUT2D eigenvalue weighted by Crippen LogP contribution is 2.49. The van der Waals surface area contributed by atoms with Gasteiger partial charge in [-0.15, -0.1) is 0 Å². The summed E-state index contributed by atoms with van der Waals surface area (Å²) in [5, 5.41) is 6.26. The molecule has 1 heterocycles. The Morgan fingerprint density at radius 2 is 1.68 bits per heavy atom. The van der Waals surface area contributed by atoms with E-state index in [4.69, 9.17) is 9.47 Å². The van der Waals surface area contributed by atoms with E-state index in [1.54, 1.807) is 20.3 Å². The number of rotatable bonds is 6. The number of amides is 1. The van der Waals surface area contributed by atoms with Gasteiger partial charge in [0.25, 0.3) is 5.91 Å². The van der Waals surface area contributed by atoms with E-state index < -0.39 is 11.7 Å². The quantitative estimate of drug-likeness (QED) is 0.434. The molecule has 5 rings (SSSR count). The van der Waals surface area contributed by atoms with Crippen molar-refractivity contribution in [1.29, 1.82) is 0 Å². The van der Waals surface area contributed by atoms with E-state index in [-0.39, 0.29) is 17.6 Å². The molecule has 6 nitrogen and oxygen atoms in total. The van der Waals surface area contributed by atoms with Crippen molar-refractivity contribution in [3.05, 3.63) is 112 Å². The molecule has 1 aliphatic carbocycles. The molecule has 7 heteroatoms. The SMILES string of the molecule is COc1cccc([C@H]2C(C(=O)Nc3ccc(F)cc3)=C(C)NC3=C2C(=O)C[C@@H](c2ccccc2)C3)c1OC. The molecule has 0 spiro atoms. The molecule has 0 fully saturated rings. The van der Waals surface area contributed by atoms with Gasteiger partial charge in [0.2, 0.25) is 0 Å². The van der Waals surface area contributed by atoms with Gasteiger partial charge < -0.3 is 20.1 Å². The van der Waals surface area contributed by atoms with Crippen LogP contribution in [-0.4, -0.2) is 25.9 Å². The van der Waals surface area contributed by atoms with Gasteiger partial charge in [0.1, 0.15) is 5.82 Å². The van der Waals surface area contributed by atoms with E-state index in [1.165, 1.54) is 24.3 Å². The number of ether oxygens (including phenoxy) is 2. The molecule has 38 heavy (non-hydrogen) atoms. The third kappa shape index (κ3) is 4.67. The lowest BCUT2D eigenvalue weighted by Gasteiger charge is -2.37. The molecule has 0 unspecified atom stereocenters. The van der Waals surface area contributed by atoms with Crippen LogP contribution in [0.2, 0.25) is 0 Å². The standard InChI is InChI=1S/C31H29FN2O4/c1-18-27(31(36)34-22-14-12-21(32)13-15-22)28(23-10-7-11-26(37-2)30(23)38-3)29-24(33-18)16-20(17-25(29)35)19-8-5-4-6-9-19/h4-15,20,28,33H,16-17H2,1-3H3,(H,34,36)/t20-,28-/m0/s1. The highest BCUT2D eigenvalue weighted by atomic mass is 19.1. The molecule has 3 aromatic rings. The fourth-order valence-corrected chi connectivity index (χ4v) is 5.48. The summed E-state index contributed by atoms with van der Waals surface area (Å²) >= 11 is 0. The van der Waals surface area contributed by atoms with Crippen LogP contribution in [0, 0.1) is 5.82 Å². The minimum atomic E-state index is -0.680. The van der Waals surface area contributed by atoms with Gasteiger partial charge in [-0.05, 0) is 55.2 Å². The van der Waals surface area contributed by atoms with E-state index in [1.807, 2.05) is 49.4 Å². The maximum atomic E-state index is 13.9. The van der Waals surface area contributed by atoms with Crippen molar-refractivity contribution in [3.63, 3.8) is 0 Å². The number of para-hydroxylation sites is 1. The number of Topliss-reactive ketones (excluding diaryl/α,β-unsaturated/α-hetero) is 1. The Bertz CT molecular complexity index is 1440. The van der Waals surface area contributed by atoms with Crippen LogP contribution in [0.15, 0.2) is 95.3 Å². The normalized spacial score (nSPS) is 19.0. The lowest BCUT2D eigenvalue weighted by Crippen LogP contribution is -2.37. The number of carbonyl (C=O) groups excluding carboxylic acids is 2. The predicted octanol–water partition coefficient (Wildman–Crippen LogP) is 5.84. The highest BCUT2D eigenvalue weighted by Gasteiger charge is 2.42. The molecule has 0 radical (unpaired) electrons. The van der Waals surface area contributed by atoms with Crippen LogP contribution in [0.5, 0.6) is 11.5 Å². The van der Waals surface area contributed by atoms with Crippen LogP contribution in [0.4, 0.5) is 10.1 Å². The summed E-state index contributed by atoms with van der Waals surface area (Å²) in [5.41, 5.74) is 4.61. The maximum Gasteiger partial charge on any atom is 0.254 e. The topological polar surface area (TPSA) is 76.7 Å². The monoisotopic (exact) mass is 512 g/mol. The molecular weight excluding hydrogens is 483 g/mol. The second-order valence-electron chi connectivity index (χ2n) is 9.47. The van der Waals surface area contributed by atoms with Gasteiger partial charge >= 0.3 is 0 Å². The number of anilines is 1. The first kappa shape index (κ1) is 25.3. The molecular formula is C31H29FN2O4. The average Bonchev–Trinajstić information content (AvgIpc) is 2.93. The summed E-state index contributed by atoms with van der Waals surface area (Å²) in [7, 11) is 3.09. The number of hydrogen-bond donors (Lipinski definition) is 2. The number of methoxy groups -OCH3 is 2. The Kier molecular flexibility index (Phi) is 7.01. The Hall–Kier alpha value is -4.39. The van der Waals surface area contributed by atoms with Crippen LogP contribution < -0.4 is 20.1 Å². The third-order valence-corrected chi connectivity index (χ3v) is 7.19. The van der Waals surface area contributed by atoms with Crippen molar-refractivity contribution in [2.45, 2.75) is 31.6 Å². The van der Waals surface area contributed by atoms with Gasteiger partial charge in [-0.3, -0.25) is 9.59 Å². The second kappa shape index (κ2) is 10.5. The van der Waals surface area contributed by atoms with Gasteiger partial charge in [0.15, 0.2) is 17.3 Å². The molecule has 0 saturated heterocycles. The maximum absolute atomic E-state index is 13.9. The van der Waals surface area contributed by atoms with Crippen molar-refractivity contribution < 1.29 is 23.5 Å². The van der Waals surface area contributed by atoms with E-state index >= 15 is 0 Å². The molecule has 194 valence electrons. The van der Waals surface area contributed by atoms with Crippen molar-refractivity contribution >= 4 is 17.4 Å². The lowest BCUT2D eigenvalue weighted by molar-refractivity contribution is -0.116. The number of carbonyl (C=O) groups is 2. The minimum absolute atomic E-state index is 0.0259. The fraction of sp³-hybridized carbons (Fsp3) is 0.226. The Morgan fingerprint density at radius 1 is 0.947 bits per heavy atom. The Balaban J connectivity index is 1.62. The Morgan fingerprint density at radius 3 is 2.37 bits per heavy atom. The number of halogens is 1. The molecule has 2 aliphatic rings. The molecule has 0 saturated carbocycles. The molecule has 2 N–H and O–H groups in total. The van der Waals surface area contributed by atoms with Gasteiger partial charge in [0, 0.05) is 40.2 Å². The van der Waals surface area contributed by atoms with E-state index in [0.29, 0.717) is 52.4 Å². The highest BCUT2D eigenvalue weighted by molar-refractivity contribution is 6.10. The van der Waals surface area contributed by atoms with Crippen molar-refractivity contribution in [1.82, 2.24) is 5.32 Å². The van der Waals surface area contributed by atoms with Crippen molar-refractivity contribution in [2.75, 3.05) is 19.5 Å². The van der Waals surface area contributed by atoms with Gasteiger partial charge in [-0.1, -0.05) is 42.5 Å². The van der Waals surface area contributed by atoms with Crippen molar-refractivity contribution in [3.8, 4) is 11.5 Å². The second-order valence-corrected chi connectivity index (χ2v) is 9.47. The molecule has 2 atom stereocenters. The van der Waals surface area contributed by atoms with E-state index in [9.17, 15) is 14.0 Å². The van der Waals surface area contributed by atoms with Crippen molar-refractivity contribution in [2.24, 2.45) is 0 Å². The largest absolute Gasteiger partial charge is 0.493 e. The summed E-state index contributed by atoms with van der Waals surface area (Å²) in [4.78, 5) is 27.6. The van der Waals surface area contributed by atoms with Gasteiger partial charge in [0.05, 0.1) is 20.1 Å². The van der Waals surface area contributed by atoms with Crippen LogP contribution >= 0.6 is 0 Å². The minimum Gasteiger partial charge on any atom is -0.493 e. The molecule has 3 aromatic carbocycles. The zero-order chi connectivity index (χ0) is 26.8. The summed E-state index contributed by atoms with van der Waals surface area (Å²) in [6, 6.07) is 21.0. The van der Waals surface area contributed by atoms with Crippen LogP contribution in [0.3, 0.4) is 0 Å². The summed E-state index contributed by atoms with van der Waals surface area (Å²) in [5.74, 6) is -0.486. The first-order valence-corrected chi connectivity index (χ1v) is 12.5. The molecule has 0 bridgehead atoms. The summed E-state index contributed by atoms with van der Waals surface area (Å²) in [6.45, 7) is 1.83. The third-order valence-electron chi connectivity index (χ3n) is 7.19. The molecule has 1 aliphatic heterocycles. The van der Waals surface area contributed by atoms with Crippen LogP contribution in [0.25, 0.3) is 0 Å². The molecule has 1 amide bonds. The Labute approximate surface area is 221 Å². The average molecular weight is 513 g/mol. The smallest absolute Gasteiger partial charge is 0.254 e. The van der Waals surface area contributed by atoms with Gasteiger partial charge in [-0.25, -0.2) is 4.39 Å². The van der Waals surface area contributed by atoms with Crippen LogP contribution in [-0.2, 0) is 9.59 Å². The number of benzene rings is 3. The predicted molar refractivity (Wildman–Crippen MR) is 144 cm³/mol. The van der Waals surface area contributed by atoms with E-state index in [2.05, 4.69) is 10.6 Å². The number of allylic oxidation sites excluding steroid dienone is 3. The number of ketones is 1. The fourth-order valence-electron chi connectivity index (χ4n) is 5.48. The lowest BCUT2D eigenvalue weighted by atomic mass is 9.71. The zero-order valence-corrected chi connectivity index (χ0v) is 21.5. The number of hydrogen-bond acceptors (Lipinski definition) is 5. The first-order valence-electron chi connectivity index (χ1n) is 12.5. The summed E-state index contributed by atoms with van der Waals surface area (Å²) < 4.78 is 24.7. The first-order chi connectivity index (χ1) is 18.4.